The average Bonchev–Trinajstić information content (AvgIpc) is 2.19. The fourth-order valence-corrected chi connectivity index (χ4v) is 1.00. The SMILES string of the molecule is CNCCNc1ccncc1[N+](=O)[O-]. The number of nitrogens with zero attached hydrogens (tertiary/aromatic N) is 2. The second-order valence-electron chi connectivity index (χ2n) is 2.68. The Labute approximate surface area is 81.5 Å². The molecule has 0 fully saturated rings. The molecular formula is C8H12N4O2. The minimum Gasteiger partial charge on any atom is -0.378 e. The second-order valence-corrected chi connectivity index (χ2v) is 2.68. The van der Waals surface area contributed by atoms with Crippen molar-refractivity contribution in [3.8, 4) is 0 Å². The summed E-state index contributed by atoms with van der Waals surface area (Å²) in [6, 6.07) is 1.59. The zero-order valence-electron chi connectivity index (χ0n) is 7.86. The van der Waals surface area contributed by atoms with E-state index in [1.54, 1.807) is 6.07 Å². The van der Waals surface area contributed by atoms with E-state index in [1.807, 2.05) is 7.05 Å². The molecule has 0 aromatic carbocycles. The summed E-state index contributed by atoms with van der Waals surface area (Å²) in [6.07, 6.45) is 2.76. The molecule has 1 rings (SSSR count). The summed E-state index contributed by atoms with van der Waals surface area (Å²) in [6.45, 7) is 1.39. The summed E-state index contributed by atoms with van der Waals surface area (Å²) in [5.41, 5.74) is 0.504. The fraction of sp³-hybridized carbons (Fsp3) is 0.375. The van der Waals surface area contributed by atoms with E-state index in [1.165, 1.54) is 12.4 Å². The van der Waals surface area contributed by atoms with Crippen molar-refractivity contribution in [1.82, 2.24) is 10.3 Å². The lowest BCUT2D eigenvalue weighted by Crippen LogP contribution is -2.18. The second kappa shape index (κ2) is 5.13. The van der Waals surface area contributed by atoms with Crippen LogP contribution in [0.1, 0.15) is 0 Å². The van der Waals surface area contributed by atoms with Crippen molar-refractivity contribution < 1.29 is 4.92 Å². The molecule has 0 amide bonds. The Kier molecular flexibility index (Phi) is 3.81. The molecule has 0 bridgehead atoms. The van der Waals surface area contributed by atoms with Crippen molar-refractivity contribution in [3.63, 3.8) is 0 Å². The number of likely N-dealkylation sites (N-methyl/N-ethyl adjacent to an activating group) is 1. The van der Waals surface area contributed by atoms with Gasteiger partial charge in [0.25, 0.3) is 0 Å². The van der Waals surface area contributed by atoms with E-state index in [9.17, 15) is 10.1 Å². The lowest BCUT2D eigenvalue weighted by molar-refractivity contribution is -0.384. The van der Waals surface area contributed by atoms with Crippen LogP contribution in [0.2, 0.25) is 0 Å². The van der Waals surface area contributed by atoms with E-state index < -0.39 is 4.92 Å². The van der Waals surface area contributed by atoms with Crippen LogP contribution in [0.4, 0.5) is 11.4 Å². The van der Waals surface area contributed by atoms with Crippen molar-refractivity contribution in [3.05, 3.63) is 28.6 Å². The molecule has 0 unspecified atom stereocenters. The quantitative estimate of drug-likeness (QED) is 0.410. The molecule has 0 aliphatic rings. The Morgan fingerprint density at radius 2 is 2.36 bits per heavy atom. The molecule has 0 radical (unpaired) electrons. The van der Waals surface area contributed by atoms with Crippen LogP contribution < -0.4 is 10.6 Å². The minimum atomic E-state index is -0.450. The van der Waals surface area contributed by atoms with Crippen molar-refractivity contribution >= 4 is 11.4 Å². The van der Waals surface area contributed by atoms with E-state index >= 15 is 0 Å². The van der Waals surface area contributed by atoms with Gasteiger partial charge in [-0.3, -0.25) is 15.1 Å². The van der Waals surface area contributed by atoms with E-state index in [2.05, 4.69) is 15.6 Å². The van der Waals surface area contributed by atoms with Gasteiger partial charge in [0.15, 0.2) is 0 Å². The highest BCUT2D eigenvalue weighted by atomic mass is 16.6. The third-order valence-electron chi connectivity index (χ3n) is 1.69. The number of pyridine rings is 1. The Bertz CT molecular complexity index is 316. The molecule has 14 heavy (non-hydrogen) atoms. The van der Waals surface area contributed by atoms with Gasteiger partial charge in [-0.25, -0.2) is 0 Å². The fourth-order valence-electron chi connectivity index (χ4n) is 1.00. The molecular weight excluding hydrogens is 184 g/mol. The van der Waals surface area contributed by atoms with Gasteiger partial charge in [-0.15, -0.1) is 0 Å². The third kappa shape index (κ3) is 2.67. The van der Waals surface area contributed by atoms with Gasteiger partial charge in [0.1, 0.15) is 11.9 Å². The molecule has 0 saturated heterocycles. The molecule has 0 atom stereocenters. The Balaban J connectivity index is 2.69. The Hall–Kier alpha value is -1.69. The first-order valence-electron chi connectivity index (χ1n) is 4.22. The molecule has 1 heterocycles. The van der Waals surface area contributed by atoms with Crippen molar-refractivity contribution in [2.75, 3.05) is 25.5 Å². The van der Waals surface area contributed by atoms with Crippen LogP contribution in [0.15, 0.2) is 18.5 Å². The summed E-state index contributed by atoms with van der Waals surface area (Å²) in [4.78, 5) is 13.8. The third-order valence-corrected chi connectivity index (χ3v) is 1.69. The van der Waals surface area contributed by atoms with Gasteiger partial charge in [0, 0.05) is 19.3 Å². The maximum atomic E-state index is 10.6. The summed E-state index contributed by atoms with van der Waals surface area (Å²) in [5, 5.41) is 16.5. The maximum Gasteiger partial charge on any atom is 0.310 e. The predicted molar refractivity (Wildman–Crippen MR) is 53.3 cm³/mol. The van der Waals surface area contributed by atoms with E-state index in [4.69, 9.17) is 0 Å². The van der Waals surface area contributed by atoms with Gasteiger partial charge in [-0.05, 0) is 13.1 Å². The minimum absolute atomic E-state index is 0.00334. The van der Waals surface area contributed by atoms with E-state index in [0.717, 1.165) is 6.54 Å². The molecule has 6 heteroatoms. The van der Waals surface area contributed by atoms with Gasteiger partial charge in [0.2, 0.25) is 0 Å². The smallest absolute Gasteiger partial charge is 0.310 e. The number of anilines is 1. The molecule has 1 aromatic rings. The summed E-state index contributed by atoms with van der Waals surface area (Å²) < 4.78 is 0. The number of nitro groups is 1. The van der Waals surface area contributed by atoms with Crippen LogP contribution in [0.25, 0.3) is 0 Å². The van der Waals surface area contributed by atoms with E-state index in [0.29, 0.717) is 12.2 Å². The lowest BCUT2D eigenvalue weighted by Gasteiger charge is -2.05. The average molecular weight is 196 g/mol. The normalized spacial score (nSPS) is 9.79. The largest absolute Gasteiger partial charge is 0.378 e. The topological polar surface area (TPSA) is 80.1 Å². The first-order valence-corrected chi connectivity index (χ1v) is 4.22. The van der Waals surface area contributed by atoms with Crippen LogP contribution in [0.3, 0.4) is 0 Å². The van der Waals surface area contributed by atoms with Gasteiger partial charge in [0.05, 0.1) is 4.92 Å². The van der Waals surface area contributed by atoms with E-state index in [-0.39, 0.29) is 5.69 Å². The summed E-state index contributed by atoms with van der Waals surface area (Å²) in [5.74, 6) is 0. The van der Waals surface area contributed by atoms with Gasteiger partial charge < -0.3 is 10.6 Å². The van der Waals surface area contributed by atoms with Crippen LogP contribution in [-0.4, -0.2) is 30.0 Å². The number of aromatic nitrogens is 1. The van der Waals surface area contributed by atoms with Gasteiger partial charge in [-0.2, -0.15) is 0 Å². The highest BCUT2D eigenvalue weighted by Gasteiger charge is 2.11. The van der Waals surface area contributed by atoms with Crippen LogP contribution in [0.5, 0.6) is 0 Å². The predicted octanol–water partition coefficient (Wildman–Crippen LogP) is 0.621. The van der Waals surface area contributed by atoms with Crippen molar-refractivity contribution in [2.24, 2.45) is 0 Å². The molecule has 6 nitrogen and oxygen atoms in total. The van der Waals surface area contributed by atoms with Crippen molar-refractivity contribution in [2.45, 2.75) is 0 Å². The number of nitrogens with one attached hydrogen (secondary N) is 2. The number of rotatable bonds is 5. The van der Waals surface area contributed by atoms with Gasteiger partial charge >= 0.3 is 5.69 Å². The monoisotopic (exact) mass is 196 g/mol. The zero-order chi connectivity index (χ0) is 10.4. The Morgan fingerprint density at radius 3 is 3.00 bits per heavy atom. The standard InChI is InChI=1S/C8H12N4O2/c1-9-4-5-11-7-2-3-10-6-8(7)12(13)14/h2-3,6,9H,4-5H2,1H3,(H,10,11). The van der Waals surface area contributed by atoms with Crippen LogP contribution in [-0.2, 0) is 0 Å². The summed E-state index contributed by atoms with van der Waals surface area (Å²) in [7, 11) is 1.82. The maximum absolute atomic E-state index is 10.6. The summed E-state index contributed by atoms with van der Waals surface area (Å²) >= 11 is 0. The van der Waals surface area contributed by atoms with Gasteiger partial charge in [-0.1, -0.05) is 0 Å². The van der Waals surface area contributed by atoms with Crippen LogP contribution in [0, 0.1) is 10.1 Å². The molecule has 0 spiro atoms. The molecule has 0 aliphatic heterocycles. The zero-order valence-corrected chi connectivity index (χ0v) is 7.86. The molecule has 0 aliphatic carbocycles. The first-order chi connectivity index (χ1) is 6.75. The molecule has 1 aromatic heterocycles. The first kappa shape index (κ1) is 10.4. The van der Waals surface area contributed by atoms with Crippen molar-refractivity contribution in [1.29, 1.82) is 0 Å². The highest BCUT2D eigenvalue weighted by molar-refractivity contribution is 5.59. The Morgan fingerprint density at radius 1 is 1.57 bits per heavy atom. The molecule has 76 valence electrons. The van der Waals surface area contributed by atoms with Crippen LogP contribution >= 0.6 is 0 Å². The number of hydrogen-bond acceptors (Lipinski definition) is 5. The number of hydrogen-bond donors (Lipinski definition) is 2. The lowest BCUT2D eigenvalue weighted by atomic mass is 10.3. The molecule has 2 N–H and O–H groups in total. The molecule has 0 saturated carbocycles. The highest BCUT2D eigenvalue weighted by Crippen LogP contribution is 2.21.